The van der Waals surface area contributed by atoms with E-state index >= 15 is 0 Å². The van der Waals surface area contributed by atoms with Crippen LogP contribution in [0.4, 0.5) is 0 Å². The number of rotatable bonds is 2. The molecule has 0 atom stereocenters. The molecule has 0 saturated carbocycles. The first kappa shape index (κ1) is 17.4. The molecule has 0 unspecified atom stereocenters. The molecule has 1 aliphatic carbocycles. The van der Waals surface area contributed by atoms with Gasteiger partial charge in [0.25, 0.3) is 5.91 Å². The van der Waals surface area contributed by atoms with Crippen molar-refractivity contribution in [3.05, 3.63) is 27.6 Å². The second kappa shape index (κ2) is 7.04. The number of nitrogens with zero attached hydrogens (tertiary/aromatic N) is 4. The van der Waals surface area contributed by atoms with Crippen LogP contribution >= 0.6 is 11.3 Å². The van der Waals surface area contributed by atoms with Gasteiger partial charge in [-0.2, -0.15) is 5.10 Å². The summed E-state index contributed by atoms with van der Waals surface area (Å²) < 4.78 is 2.21. The lowest BCUT2D eigenvalue weighted by Gasteiger charge is -2.32. The van der Waals surface area contributed by atoms with Crippen molar-refractivity contribution in [2.75, 3.05) is 46.3 Å². The number of hydrogen-bond acceptors (Lipinski definition) is 5. The second-order valence-corrected chi connectivity index (χ2v) is 8.96. The van der Waals surface area contributed by atoms with Crippen LogP contribution < -0.4 is 5.32 Å². The van der Waals surface area contributed by atoms with Gasteiger partial charge < -0.3 is 15.1 Å². The third-order valence-corrected chi connectivity index (χ3v) is 7.24. The van der Waals surface area contributed by atoms with E-state index in [0.29, 0.717) is 11.7 Å². The number of amides is 1. The van der Waals surface area contributed by atoms with E-state index in [2.05, 4.69) is 33.4 Å². The SMILES string of the molecule is CN1CCN(C(=O)c2nn(C3CCNCC3)c3c2CCc2sccc2-3)CC1. The number of piperidine rings is 1. The fraction of sp³-hybridized carbons (Fsp3) is 0.600. The van der Waals surface area contributed by atoms with Crippen molar-refractivity contribution in [1.82, 2.24) is 24.9 Å². The minimum atomic E-state index is 0.130. The number of aryl methyl sites for hydroxylation is 1. The minimum Gasteiger partial charge on any atom is -0.335 e. The zero-order valence-corrected chi connectivity index (χ0v) is 16.7. The topological polar surface area (TPSA) is 53.4 Å². The number of fused-ring (bicyclic) bond motifs is 3. The molecule has 1 N–H and O–H groups in total. The van der Waals surface area contributed by atoms with E-state index in [4.69, 9.17) is 5.10 Å². The maximum atomic E-state index is 13.3. The summed E-state index contributed by atoms with van der Waals surface area (Å²) in [5.74, 6) is 0.130. The van der Waals surface area contributed by atoms with E-state index in [9.17, 15) is 4.79 Å². The molecule has 0 bridgehead atoms. The standard InChI is InChI=1S/C20H27N5OS/c1-23-9-11-24(12-10-23)20(26)18-16-2-3-17-15(6-13-27-17)19(16)25(22-18)14-4-7-21-8-5-14/h6,13-14,21H,2-5,7-12H2,1H3. The Bertz CT molecular complexity index is 843. The summed E-state index contributed by atoms with van der Waals surface area (Å²) in [4.78, 5) is 19.1. The summed E-state index contributed by atoms with van der Waals surface area (Å²) in [6.45, 7) is 5.53. The Morgan fingerprint density at radius 1 is 1.19 bits per heavy atom. The maximum absolute atomic E-state index is 13.3. The summed E-state index contributed by atoms with van der Waals surface area (Å²) in [5.41, 5.74) is 4.43. The van der Waals surface area contributed by atoms with Gasteiger partial charge in [-0.15, -0.1) is 11.3 Å². The molecule has 2 aromatic heterocycles. The van der Waals surface area contributed by atoms with Crippen molar-refractivity contribution in [2.24, 2.45) is 0 Å². The van der Waals surface area contributed by atoms with Gasteiger partial charge in [0, 0.05) is 42.2 Å². The molecule has 5 rings (SSSR count). The van der Waals surface area contributed by atoms with Gasteiger partial charge >= 0.3 is 0 Å². The van der Waals surface area contributed by atoms with E-state index < -0.39 is 0 Å². The van der Waals surface area contributed by atoms with Gasteiger partial charge in [-0.3, -0.25) is 9.48 Å². The van der Waals surface area contributed by atoms with Crippen LogP contribution in [-0.2, 0) is 12.8 Å². The number of hydrogen-bond donors (Lipinski definition) is 1. The Morgan fingerprint density at radius 3 is 2.74 bits per heavy atom. The van der Waals surface area contributed by atoms with Crippen LogP contribution in [0.25, 0.3) is 11.3 Å². The zero-order chi connectivity index (χ0) is 18.4. The molecule has 0 spiro atoms. The molecule has 2 aromatic rings. The van der Waals surface area contributed by atoms with Crippen molar-refractivity contribution < 1.29 is 4.79 Å². The Morgan fingerprint density at radius 2 is 1.96 bits per heavy atom. The molecule has 144 valence electrons. The number of carbonyl (C=O) groups excluding carboxylic acids is 1. The molecule has 2 saturated heterocycles. The lowest BCUT2D eigenvalue weighted by Crippen LogP contribution is -2.47. The maximum Gasteiger partial charge on any atom is 0.274 e. The zero-order valence-electron chi connectivity index (χ0n) is 15.9. The molecule has 3 aliphatic rings. The Labute approximate surface area is 164 Å². The van der Waals surface area contributed by atoms with Crippen LogP contribution in [0.3, 0.4) is 0 Å². The number of nitrogens with one attached hydrogen (secondary N) is 1. The molecule has 2 aliphatic heterocycles. The Hall–Kier alpha value is -1.70. The molecular formula is C20H27N5OS. The van der Waals surface area contributed by atoms with Gasteiger partial charge in [-0.1, -0.05) is 0 Å². The first-order valence-electron chi connectivity index (χ1n) is 10.1. The van der Waals surface area contributed by atoms with Crippen LogP contribution in [0.15, 0.2) is 11.4 Å². The molecule has 7 heteroatoms. The predicted octanol–water partition coefficient (Wildman–Crippen LogP) is 2.02. The summed E-state index contributed by atoms with van der Waals surface area (Å²) in [6.07, 6.45) is 4.12. The van der Waals surface area contributed by atoms with E-state index in [-0.39, 0.29) is 5.91 Å². The fourth-order valence-electron chi connectivity index (χ4n) is 4.62. The molecule has 0 aromatic carbocycles. The van der Waals surface area contributed by atoms with Crippen molar-refractivity contribution in [3.63, 3.8) is 0 Å². The van der Waals surface area contributed by atoms with Crippen molar-refractivity contribution in [1.29, 1.82) is 0 Å². The van der Waals surface area contributed by atoms with Crippen LogP contribution in [-0.4, -0.2) is 71.8 Å². The van der Waals surface area contributed by atoms with Gasteiger partial charge in [-0.25, -0.2) is 0 Å². The normalized spacial score (nSPS) is 21.1. The third-order valence-electron chi connectivity index (χ3n) is 6.26. The van der Waals surface area contributed by atoms with Gasteiger partial charge in [0.2, 0.25) is 0 Å². The average molecular weight is 386 g/mol. The van der Waals surface area contributed by atoms with Crippen LogP contribution in [0.5, 0.6) is 0 Å². The monoisotopic (exact) mass is 385 g/mol. The highest BCUT2D eigenvalue weighted by Crippen LogP contribution is 2.40. The molecule has 4 heterocycles. The van der Waals surface area contributed by atoms with E-state index in [1.54, 1.807) is 0 Å². The summed E-state index contributed by atoms with van der Waals surface area (Å²) in [5, 5.41) is 10.6. The summed E-state index contributed by atoms with van der Waals surface area (Å²) >= 11 is 1.84. The number of carbonyl (C=O) groups is 1. The first-order chi connectivity index (χ1) is 13.2. The lowest BCUT2D eigenvalue weighted by atomic mass is 9.93. The van der Waals surface area contributed by atoms with Crippen molar-refractivity contribution in [3.8, 4) is 11.3 Å². The Balaban J connectivity index is 1.56. The van der Waals surface area contributed by atoms with E-state index in [1.807, 2.05) is 16.2 Å². The highest BCUT2D eigenvalue weighted by Gasteiger charge is 2.33. The molecule has 1 amide bonds. The highest BCUT2D eigenvalue weighted by atomic mass is 32.1. The number of piperazine rings is 1. The van der Waals surface area contributed by atoms with E-state index in [1.165, 1.54) is 21.7 Å². The van der Waals surface area contributed by atoms with Crippen molar-refractivity contribution in [2.45, 2.75) is 31.7 Å². The fourth-order valence-corrected chi connectivity index (χ4v) is 5.50. The van der Waals surface area contributed by atoms with Crippen LogP contribution in [0.1, 0.15) is 39.8 Å². The lowest BCUT2D eigenvalue weighted by molar-refractivity contribution is 0.0655. The van der Waals surface area contributed by atoms with Crippen LogP contribution in [0.2, 0.25) is 0 Å². The minimum absolute atomic E-state index is 0.130. The largest absolute Gasteiger partial charge is 0.335 e. The average Bonchev–Trinajstić information content (AvgIpc) is 3.33. The third kappa shape index (κ3) is 3.02. The summed E-state index contributed by atoms with van der Waals surface area (Å²) in [7, 11) is 2.12. The highest BCUT2D eigenvalue weighted by molar-refractivity contribution is 7.10. The number of thiophene rings is 1. The number of likely N-dealkylation sites (N-methyl/N-ethyl adjacent to an activating group) is 1. The van der Waals surface area contributed by atoms with Gasteiger partial charge in [0.1, 0.15) is 0 Å². The molecule has 6 nitrogen and oxygen atoms in total. The molecular weight excluding hydrogens is 358 g/mol. The quantitative estimate of drug-likeness (QED) is 0.859. The van der Waals surface area contributed by atoms with E-state index in [0.717, 1.165) is 65.0 Å². The first-order valence-corrected chi connectivity index (χ1v) is 11.0. The van der Waals surface area contributed by atoms with Gasteiger partial charge in [0.05, 0.1) is 11.7 Å². The Kier molecular flexibility index (Phi) is 4.53. The van der Waals surface area contributed by atoms with Crippen molar-refractivity contribution >= 4 is 17.2 Å². The predicted molar refractivity (Wildman–Crippen MR) is 107 cm³/mol. The summed E-state index contributed by atoms with van der Waals surface area (Å²) in [6, 6.07) is 2.61. The van der Waals surface area contributed by atoms with Crippen LogP contribution in [0, 0.1) is 0 Å². The smallest absolute Gasteiger partial charge is 0.274 e. The van der Waals surface area contributed by atoms with Gasteiger partial charge in [-0.05, 0) is 57.3 Å². The number of aromatic nitrogens is 2. The van der Waals surface area contributed by atoms with Gasteiger partial charge in [0.15, 0.2) is 5.69 Å². The molecule has 2 fully saturated rings. The second-order valence-electron chi connectivity index (χ2n) is 7.95. The molecule has 27 heavy (non-hydrogen) atoms. The molecule has 0 radical (unpaired) electrons.